The third-order valence-electron chi connectivity index (χ3n) is 4.79. The second-order valence-corrected chi connectivity index (χ2v) is 9.04. The Morgan fingerprint density at radius 1 is 1.18 bits per heavy atom. The number of carbonyl (C=O) groups excluding carboxylic acids is 1. The number of para-hydroxylation sites is 2. The molecule has 150 valence electrons. The number of amides is 1. The van der Waals surface area contributed by atoms with Crippen molar-refractivity contribution in [2.75, 3.05) is 17.1 Å². The number of anilines is 1. The molecule has 1 heterocycles. The van der Waals surface area contributed by atoms with Crippen molar-refractivity contribution >= 4 is 21.6 Å². The Morgan fingerprint density at radius 3 is 2.57 bits per heavy atom. The fourth-order valence-electron chi connectivity index (χ4n) is 3.29. The minimum atomic E-state index is -3.45. The maximum atomic E-state index is 12.7. The molecule has 3 rings (SSSR count). The van der Waals surface area contributed by atoms with E-state index >= 15 is 0 Å². The van der Waals surface area contributed by atoms with Crippen LogP contribution in [0.15, 0.2) is 54.6 Å². The summed E-state index contributed by atoms with van der Waals surface area (Å²) in [4.78, 5) is 12.7. The van der Waals surface area contributed by atoms with Crippen molar-refractivity contribution in [2.45, 2.75) is 38.3 Å². The largest absolute Gasteiger partial charge is 0.478 e. The molecule has 2 aromatic carbocycles. The standard InChI is InChI=1S/C21H26N2O4S/c1-16(12-13-17-8-4-3-5-9-17)22-21(24)20-14-15-23(28(2,25)26)18-10-6-7-11-19(18)27-20/h3-11,16,20H,12-15H2,1-2H3,(H,22,24)/t16-,20+/m1/s1. The summed E-state index contributed by atoms with van der Waals surface area (Å²) in [7, 11) is -3.45. The lowest BCUT2D eigenvalue weighted by Crippen LogP contribution is -2.43. The van der Waals surface area contributed by atoms with Gasteiger partial charge in [-0.2, -0.15) is 0 Å². The van der Waals surface area contributed by atoms with Crippen LogP contribution in [0.5, 0.6) is 5.75 Å². The predicted octanol–water partition coefficient (Wildman–Crippen LogP) is 2.74. The summed E-state index contributed by atoms with van der Waals surface area (Å²) in [5.41, 5.74) is 1.70. The van der Waals surface area contributed by atoms with Crippen molar-refractivity contribution in [3.63, 3.8) is 0 Å². The van der Waals surface area contributed by atoms with Gasteiger partial charge in [-0.25, -0.2) is 8.42 Å². The minimum absolute atomic E-state index is 0.0131. The Balaban J connectivity index is 1.64. The summed E-state index contributed by atoms with van der Waals surface area (Å²) in [6.45, 7) is 2.17. The molecule has 0 saturated carbocycles. The van der Waals surface area contributed by atoms with Gasteiger partial charge in [0.1, 0.15) is 5.75 Å². The van der Waals surface area contributed by atoms with Crippen LogP contribution < -0.4 is 14.4 Å². The van der Waals surface area contributed by atoms with Crippen molar-refractivity contribution < 1.29 is 17.9 Å². The van der Waals surface area contributed by atoms with Crippen LogP contribution in [0.3, 0.4) is 0 Å². The van der Waals surface area contributed by atoms with E-state index in [2.05, 4.69) is 17.4 Å². The number of aryl methyl sites for hydroxylation is 1. The smallest absolute Gasteiger partial charge is 0.261 e. The molecule has 0 fully saturated rings. The van der Waals surface area contributed by atoms with Gasteiger partial charge in [0.25, 0.3) is 5.91 Å². The Morgan fingerprint density at radius 2 is 1.86 bits per heavy atom. The Bertz CT molecular complexity index is 915. The van der Waals surface area contributed by atoms with E-state index in [4.69, 9.17) is 4.74 Å². The van der Waals surface area contributed by atoms with E-state index in [1.807, 2.05) is 25.1 Å². The first-order chi connectivity index (χ1) is 13.3. The summed E-state index contributed by atoms with van der Waals surface area (Å²) >= 11 is 0. The van der Waals surface area contributed by atoms with E-state index in [-0.39, 0.29) is 18.5 Å². The first kappa shape index (κ1) is 20.2. The number of rotatable bonds is 6. The highest BCUT2D eigenvalue weighted by molar-refractivity contribution is 7.92. The fourth-order valence-corrected chi connectivity index (χ4v) is 4.24. The maximum Gasteiger partial charge on any atom is 0.261 e. The molecular formula is C21H26N2O4S. The van der Waals surface area contributed by atoms with E-state index in [0.717, 1.165) is 19.1 Å². The van der Waals surface area contributed by atoms with Crippen LogP contribution >= 0.6 is 0 Å². The highest BCUT2D eigenvalue weighted by Crippen LogP contribution is 2.33. The number of hydrogen-bond acceptors (Lipinski definition) is 4. The maximum absolute atomic E-state index is 12.7. The third kappa shape index (κ3) is 5.04. The molecule has 2 aromatic rings. The summed E-state index contributed by atoms with van der Waals surface area (Å²) < 4.78 is 31.5. The van der Waals surface area contributed by atoms with Gasteiger partial charge in [0.2, 0.25) is 10.0 Å². The fraction of sp³-hybridized carbons (Fsp3) is 0.381. The zero-order valence-electron chi connectivity index (χ0n) is 16.2. The number of nitrogens with one attached hydrogen (secondary N) is 1. The van der Waals surface area contributed by atoms with Crippen molar-refractivity contribution in [1.82, 2.24) is 5.32 Å². The molecule has 7 heteroatoms. The van der Waals surface area contributed by atoms with Crippen LogP contribution in [0.2, 0.25) is 0 Å². The molecular weight excluding hydrogens is 376 g/mol. The molecule has 2 atom stereocenters. The molecule has 0 radical (unpaired) electrons. The third-order valence-corrected chi connectivity index (χ3v) is 5.97. The van der Waals surface area contributed by atoms with Crippen LogP contribution in [-0.4, -0.2) is 39.3 Å². The average Bonchev–Trinajstić information content (AvgIpc) is 2.87. The number of ether oxygens (including phenoxy) is 1. The van der Waals surface area contributed by atoms with Gasteiger partial charge >= 0.3 is 0 Å². The van der Waals surface area contributed by atoms with Gasteiger partial charge in [0.15, 0.2) is 6.10 Å². The van der Waals surface area contributed by atoms with Crippen LogP contribution in [0.4, 0.5) is 5.69 Å². The van der Waals surface area contributed by atoms with Gasteiger partial charge in [-0.05, 0) is 37.5 Å². The average molecular weight is 403 g/mol. The van der Waals surface area contributed by atoms with Crippen LogP contribution in [0.25, 0.3) is 0 Å². The van der Waals surface area contributed by atoms with Crippen LogP contribution in [0.1, 0.15) is 25.3 Å². The molecule has 6 nitrogen and oxygen atoms in total. The highest BCUT2D eigenvalue weighted by Gasteiger charge is 2.31. The second kappa shape index (κ2) is 8.65. The summed E-state index contributed by atoms with van der Waals surface area (Å²) in [6, 6.07) is 17.0. The molecule has 1 amide bonds. The van der Waals surface area contributed by atoms with Gasteiger partial charge in [-0.1, -0.05) is 42.5 Å². The molecule has 0 spiro atoms. The molecule has 0 aromatic heterocycles. The summed E-state index contributed by atoms with van der Waals surface area (Å²) in [5.74, 6) is 0.188. The second-order valence-electron chi connectivity index (χ2n) is 7.13. The number of fused-ring (bicyclic) bond motifs is 1. The number of hydrogen-bond donors (Lipinski definition) is 1. The van der Waals surface area contributed by atoms with Gasteiger partial charge in [0.05, 0.1) is 11.9 Å². The summed E-state index contributed by atoms with van der Waals surface area (Å²) in [5, 5.41) is 3.00. The zero-order chi connectivity index (χ0) is 20.1. The van der Waals surface area contributed by atoms with Crippen molar-refractivity contribution in [3.8, 4) is 5.75 Å². The zero-order valence-corrected chi connectivity index (χ0v) is 17.0. The van der Waals surface area contributed by atoms with Gasteiger partial charge in [-0.3, -0.25) is 9.10 Å². The Hall–Kier alpha value is -2.54. The Labute approximate surface area is 166 Å². The first-order valence-corrected chi connectivity index (χ1v) is 11.3. The predicted molar refractivity (Wildman–Crippen MR) is 110 cm³/mol. The highest BCUT2D eigenvalue weighted by atomic mass is 32.2. The normalized spacial score (nSPS) is 17.8. The molecule has 0 saturated heterocycles. The number of sulfonamides is 1. The molecule has 28 heavy (non-hydrogen) atoms. The number of carbonyl (C=O) groups is 1. The van der Waals surface area contributed by atoms with E-state index in [1.165, 1.54) is 9.87 Å². The van der Waals surface area contributed by atoms with E-state index < -0.39 is 16.1 Å². The van der Waals surface area contributed by atoms with E-state index in [0.29, 0.717) is 17.9 Å². The monoisotopic (exact) mass is 402 g/mol. The molecule has 0 unspecified atom stereocenters. The van der Waals surface area contributed by atoms with E-state index in [9.17, 15) is 13.2 Å². The van der Waals surface area contributed by atoms with Gasteiger partial charge < -0.3 is 10.1 Å². The molecule has 0 bridgehead atoms. The SMILES string of the molecule is C[C@H](CCc1ccccc1)NC(=O)[C@@H]1CCN(S(C)(=O)=O)c2ccccc2O1. The lowest BCUT2D eigenvalue weighted by molar-refractivity contribution is -0.128. The van der Waals surface area contributed by atoms with Crippen LogP contribution in [-0.2, 0) is 21.2 Å². The van der Waals surface area contributed by atoms with Crippen molar-refractivity contribution in [1.29, 1.82) is 0 Å². The lowest BCUT2D eigenvalue weighted by Gasteiger charge is -2.20. The molecule has 0 aliphatic carbocycles. The quantitative estimate of drug-likeness (QED) is 0.806. The first-order valence-electron chi connectivity index (χ1n) is 9.42. The number of benzene rings is 2. The van der Waals surface area contributed by atoms with Crippen molar-refractivity contribution in [2.24, 2.45) is 0 Å². The molecule has 1 aliphatic rings. The Kier molecular flexibility index (Phi) is 6.24. The van der Waals surface area contributed by atoms with Crippen molar-refractivity contribution in [3.05, 3.63) is 60.2 Å². The number of nitrogens with zero attached hydrogens (tertiary/aromatic N) is 1. The van der Waals surface area contributed by atoms with E-state index in [1.54, 1.807) is 24.3 Å². The van der Waals surface area contributed by atoms with Crippen LogP contribution in [0, 0.1) is 0 Å². The molecule has 1 N–H and O–H groups in total. The summed E-state index contributed by atoms with van der Waals surface area (Å²) in [6.07, 6.45) is 2.41. The molecule has 1 aliphatic heterocycles. The van der Waals surface area contributed by atoms with Gasteiger partial charge in [-0.15, -0.1) is 0 Å². The topological polar surface area (TPSA) is 75.7 Å². The lowest BCUT2D eigenvalue weighted by atomic mass is 10.1. The minimum Gasteiger partial charge on any atom is -0.478 e. The van der Waals surface area contributed by atoms with Gasteiger partial charge in [0, 0.05) is 19.0 Å².